The zero-order chi connectivity index (χ0) is 23.1. The molecule has 0 atom stereocenters. The molecular formula is C17H21B4FN6O2S2. The zero-order valence-corrected chi connectivity index (χ0v) is 20.2. The summed E-state index contributed by atoms with van der Waals surface area (Å²) in [5.41, 5.74) is 1.57. The van der Waals surface area contributed by atoms with Gasteiger partial charge in [-0.1, -0.05) is 0 Å². The number of aromatic nitrogens is 5. The number of rotatable bonds is 3. The fourth-order valence-corrected chi connectivity index (χ4v) is 8.53. The second-order valence-corrected chi connectivity index (χ2v) is 12.3. The van der Waals surface area contributed by atoms with E-state index in [0.717, 1.165) is 5.56 Å². The van der Waals surface area contributed by atoms with Crippen molar-refractivity contribution in [2.75, 3.05) is 0 Å². The molecule has 0 N–H and O–H groups in total. The maximum atomic E-state index is 15.0. The molecule has 15 heteroatoms. The quantitative estimate of drug-likeness (QED) is 0.335. The van der Waals surface area contributed by atoms with E-state index in [4.69, 9.17) is 0 Å². The van der Waals surface area contributed by atoms with Gasteiger partial charge in [0.15, 0.2) is 21.5 Å². The van der Waals surface area contributed by atoms with Crippen LogP contribution in [0.1, 0.15) is 29.9 Å². The number of thiazole rings is 1. The summed E-state index contributed by atoms with van der Waals surface area (Å²) in [4.78, 5) is 8.90. The molecule has 0 saturated carbocycles. The van der Waals surface area contributed by atoms with Gasteiger partial charge in [0, 0.05) is 17.8 Å². The fourth-order valence-electron chi connectivity index (χ4n) is 5.56. The molecule has 5 heterocycles. The summed E-state index contributed by atoms with van der Waals surface area (Å²) in [6.45, 7) is 1.75. The number of hydrogen-bond donors (Lipinski definition) is 0. The highest BCUT2D eigenvalue weighted by atomic mass is 32.2. The van der Waals surface area contributed by atoms with E-state index in [2.05, 4.69) is 15.1 Å². The maximum absolute atomic E-state index is 15.0. The lowest BCUT2D eigenvalue weighted by atomic mass is 9.46. The molecule has 162 valence electrons. The smallest absolute Gasteiger partial charge is 0.259 e. The Kier molecular flexibility index (Phi) is 4.71. The summed E-state index contributed by atoms with van der Waals surface area (Å²) in [5, 5.41) is 4.67. The molecule has 0 aromatic carbocycles. The van der Waals surface area contributed by atoms with Crippen molar-refractivity contribution in [3.8, 4) is 0 Å². The van der Waals surface area contributed by atoms with Crippen molar-refractivity contribution in [2.24, 2.45) is 0 Å². The van der Waals surface area contributed by atoms with Crippen LogP contribution in [-0.4, -0.2) is 78.8 Å². The van der Waals surface area contributed by atoms with E-state index in [9.17, 15) is 12.8 Å². The third-order valence-electron chi connectivity index (χ3n) is 6.44. The fraction of sp³-hybridized carbons (Fsp3) is 0.353. The number of fused-ring (bicyclic) bond motifs is 2. The van der Waals surface area contributed by atoms with Gasteiger partial charge in [-0.3, -0.25) is 4.40 Å². The van der Waals surface area contributed by atoms with Crippen LogP contribution >= 0.6 is 11.3 Å². The van der Waals surface area contributed by atoms with E-state index in [0.29, 0.717) is 23.4 Å². The van der Waals surface area contributed by atoms with Gasteiger partial charge in [-0.05, 0) is 47.5 Å². The van der Waals surface area contributed by atoms with Gasteiger partial charge in [0.25, 0.3) is 10.0 Å². The van der Waals surface area contributed by atoms with Crippen molar-refractivity contribution >= 4 is 63.4 Å². The summed E-state index contributed by atoms with van der Waals surface area (Å²) in [6.07, 6.45) is 7.40. The lowest BCUT2D eigenvalue weighted by Gasteiger charge is -2.55. The van der Waals surface area contributed by atoms with E-state index in [1.165, 1.54) is 28.4 Å². The van der Waals surface area contributed by atoms with Crippen LogP contribution in [0.4, 0.5) is 4.39 Å². The third kappa shape index (κ3) is 3.08. The van der Waals surface area contributed by atoms with Gasteiger partial charge >= 0.3 is 0 Å². The topological polar surface area (TPSA) is 84.9 Å². The summed E-state index contributed by atoms with van der Waals surface area (Å²) in [5.74, 6) is -0.425. The van der Waals surface area contributed by atoms with Crippen molar-refractivity contribution in [2.45, 2.75) is 41.4 Å². The van der Waals surface area contributed by atoms with E-state index in [-0.39, 0.29) is 22.4 Å². The lowest BCUT2D eigenvalue weighted by Crippen LogP contribution is -2.68. The molecule has 0 amide bonds. The molecule has 0 aliphatic carbocycles. The van der Waals surface area contributed by atoms with E-state index in [1.807, 2.05) is 43.0 Å². The Hall–Kier alpha value is -2.11. The van der Waals surface area contributed by atoms with E-state index < -0.39 is 20.7 Å². The standard InChI is InChI=1S/C17H21B4FN6O2S2/c1-9-11(7-27-14(13(9)22)24-8-25-27)10-4-16(18,19)28(17(20,21)5-10)32(29,30)12-6-23-15-26(12)2-3-31-15/h2-3,6-8,10H,4-5,18-21H2,1H3. The van der Waals surface area contributed by atoms with Crippen molar-refractivity contribution < 1.29 is 12.8 Å². The number of halogens is 1. The first-order valence-electron chi connectivity index (χ1n) is 10.4. The van der Waals surface area contributed by atoms with Crippen LogP contribution in [0.15, 0.2) is 35.3 Å². The molecule has 32 heavy (non-hydrogen) atoms. The minimum atomic E-state index is -3.84. The Morgan fingerprint density at radius 2 is 1.88 bits per heavy atom. The number of nitrogens with zero attached hydrogens (tertiary/aromatic N) is 6. The molecule has 0 radical (unpaired) electrons. The van der Waals surface area contributed by atoms with Crippen LogP contribution in [0.2, 0.25) is 0 Å². The van der Waals surface area contributed by atoms with Crippen molar-refractivity contribution in [3.05, 3.63) is 47.2 Å². The second-order valence-electron chi connectivity index (χ2n) is 9.70. The minimum Gasteiger partial charge on any atom is -0.280 e. The van der Waals surface area contributed by atoms with Crippen LogP contribution in [0, 0.1) is 12.7 Å². The highest BCUT2D eigenvalue weighted by Crippen LogP contribution is 2.45. The van der Waals surface area contributed by atoms with Gasteiger partial charge in [-0.25, -0.2) is 31.6 Å². The van der Waals surface area contributed by atoms with Crippen molar-refractivity contribution in [3.63, 3.8) is 0 Å². The number of pyridine rings is 1. The van der Waals surface area contributed by atoms with Gasteiger partial charge < -0.3 is 0 Å². The highest BCUT2D eigenvalue weighted by Gasteiger charge is 2.52. The SMILES string of the molecule is BC1(B)CC(c2cn3ncnc3c(F)c2C)CC(B)(B)N1S(=O)(=O)c1cnc2sccn12. The molecule has 0 bridgehead atoms. The molecule has 1 aliphatic heterocycles. The average Bonchev–Trinajstić information content (AvgIpc) is 3.37. The Morgan fingerprint density at radius 3 is 2.56 bits per heavy atom. The molecule has 8 nitrogen and oxygen atoms in total. The summed E-state index contributed by atoms with van der Waals surface area (Å²) < 4.78 is 47.4. The summed E-state index contributed by atoms with van der Waals surface area (Å²) in [7, 11) is 3.90. The normalized spacial score (nSPS) is 19.7. The van der Waals surface area contributed by atoms with Gasteiger partial charge in [-0.2, -0.15) is 5.10 Å². The van der Waals surface area contributed by atoms with Crippen LogP contribution < -0.4 is 0 Å². The molecule has 5 rings (SSSR count). The minimum absolute atomic E-state index is 0.0406. The van der Waals surface area contributed by atoms with Gasteiger partial charge in [0.2, 0.25) is 0 Å². The van der Waals surface area contributed by atoms with Gasteiger partial charge in [0.05, 0.1) is 6.20 Å². The zero-order valence-electron chi connectivity index (χ0n) is 18.6. The maximum Gasteiger partial charge on any atom is 0.259 e. The van der Waals surface area contributed by atoms with Crippen molar-refractivity contribution in [1.82, 2.24) is 28.3 Å². The molecular weight excluding hydrogens is 447 g/mol. The highest BCUT2D eigenvalue weighted by molar-refractivity contribution is 7.89. The lowest BCUT2D eigenvalue weighted by molar-refractivity contribution is 0.207. The van der Waals surface area contributed by atoms with E-state index >= 15 is 0 Å². The Labute approximate surface area is 192 Å². The summed E-state index contributed by atoms with van der Waals surface area (Å²) in [6, 6.07) is 0. The molecule has 1 aliphatic rings. The first-order valence-corrected chi connectivity index (χ1v) is 12.7. The molecule has 0 spiro atoms. The van der Waals surface area contributed by atoms with Crippen LogP contribution in [0.25, 0.3) is 10.6 Å². The number of sulfonamides is 1. The molecule has 1 saturated heterocycles. The van der Waals surface area contributed by atoms with Crippen LogP contribution in [0.3, 0.4) is 0 Å². The van der Waals surface area contributed by atoms with Gasteiger partial charge in [-0.15, -0.1) is 11.3 Å². The predicted molar refractivity (Wildman–Crippen MR) is 131 cm³/mol. The molecule has 0 unspecified atom stereocenters. The third-order valence-corrected chi connectivity index (χ3v) is 9.51. The van der Waals surface area contributed by atoms with E-state index in [1.54, 1.807) is 21.8 Å². The Bertz CT molecular complexity index is 1450. The number of hydrogen-bond acceptors (Lipinski definition) is 6. The molecule has 1 fully saturated rings. The monoisotopic (exact) mass is 468 g/mol. The summed E-state index contributed by atoms with van der Waals surface area (Å²) >= 11 is 1.39. The first kappa shape index (κ1) is 21.7. The Morgan fingerprint density at radius 1 is 1.19 bits per heavy atom. The first-order chi connectivity index (χ1) is 14.9. The molecule has 4 aromatic heterocycles. The van der Waals surface area contributed by atoms with Crippen molar-refractivity contribution in [1.29, 1.82) is 0 Å². The van der Waals surface area contributed by atoms with Crippen LogP contribution in [-0.2, 0) is 10.0 Å². The van der Waals surface area contributed by atoms with Crippen LogP contribution in [0.5, 0.6) is 0 Å². The molecule has 4 aromatic rings. The predicted octanol–water partition coefficient (Wildman–Crippen LogP) is -1.71. The average molecular weight is 468 g/mol. The largest absolute Gasteiger partial charge is 0.280 e. The Balaban J connectivity index is 1.59. The number of piperidine rings is 1. The second kappa shape index (κ2) is 6.94. The number of imidazole rings is 1. The van der Waals surface area contributed by atoms with Gasteiger partial charge in [0.1, 0.15) is 37.7 Å².